The normalized spacial score (nSPS) is 18.6. The summed E-state index contributed by atoms with van der Waals surface area (Å²) in [6.45, 7) is 4.04. The summed E-state index contributed by atoms with van der Waals surface area (Å²) in [5.74, 6) is -1.20. The van der Waals surface area contributed by atoms with Gasteiger partial charge in [-0.1, -0.05) is 36.4 Å². The standard InChI is InChI=1S/C30H33F3N4O5S/c1-17-9-20-7-8-23(30(31,32)33)13-27(20)43(40,41)37(15-17)16-22-10-19(6-5-18(22)2)24(14-28(38)39)21-11-25-29(26(12-21)42-4)36(3)35-34-25/h5-8,10-13,17,24,40-41H,9,14-16H2,1-4H3,(H,38,39). The predicted octanol–water partition coefficient (Wildman–Crippen LogP) is 6.63. The molecule has 0 radical (unpaired) electrons. The Labute approximate surface area is 248 Å². The fraction of sp³-hybridized carbons (Fsp3) is 0.367. The number of hydrogen-bond donors (Lipinski definition) is 3. The van der Waals surface area contributed by atoms with Gasteiger partial charge in [-0.05, 0) is 71.3 Å². The van der Waals surface area contributed by atoms with Crippen molar-refractivity contribution in [2.75, 3.05) is 13.7 Å². The molecule has 0 spiro atoms. The van der Waals surface area contributed by atoms with Crippen molar-refractivity contribution in [3.63, 3.8) is 0 Å². The van der Waals surface area contributed by atoms with Crippen molar-refractivity contribution in [3.8, 4) is 5.75 Å². The smallest absolute Gasteiger partial charge is 0.416 e. The van der Waals surface area contributed by atoms with Crippen LogP contribution in [-0.2, 0) is 31.0 Å². The van der Waals surface area contributed by atoms with Gasteiger partial charge in [0.25, 0.3) is 0 Å². The Kier molecular flexibility index (Phi) is 8.20. The molecule has 0 saturated carbocycles. The van der Waals surface area contributed by atoms with Gasteiger partial charge in [0, 0.05) is 26.1 Å². The number of methoxy groups -OCH3 is 1. The third-order valence-corrected chi connectivity index (χ3v) is 9.91. The number of aliphatic carboxylic acids is 1. The Balaban J connectivity index is 1.55. The van der Waals surface area contributed by atoms with E-state index in [-0.39, 0.29) is 30.3 Å². The quantitative estimate of drug-likeness (QED) is 0.211. The first-order chi connectivity index (χ1) is 20.2. The van der Waals surface area contributed by atoms with Gasteiger partial charge in [0.1, 0.15) is 16.8 Å². The van der Waals surface area contributed by atoms with E-state index in [2.05, 4.69) is 10.3 Å². The van der Waals surface area contributed by atoms with Crippen LogP contribution >= 0.6 is 10.8 Å². The molecule has 1 aliphatic rings. The molecule has 2 atom stereocenters. The topological polar surface area (TPSA) is 121 Å². The van der Waals surface area contributed by atoms with E-state index >= 15 is 0 Å². The van der Waals surface area contributed by atoms with Crippen LogP contribution in [0.2, 0.25) is 0 Å². The molecule has 0 aliphatic carbocycles. The van der Waals surface area contributed by atoms with Crippen molar-refractivity contribution in [1.29, 1.82) is 0 Å². The van der Waals surface area contributed by atoms with Gasteiger partial charge in [-0.2, -0.15) is 17.5 Å². The zero-order valence-electron chi connectivity index (χ0n) is 24.1. The second-order valence-electron chi connectivity index (χ2n) is 11.1. The first-order valence-corrected chi connectivity index (χ1v) is 15.1. The van der Waals surface area contributed by atoms with Crippen LogP contribution in [0.25, 0.3) is 11.0 Å². The summed E-state index contributed by atoms with van der Waals surface area (Å²) < 4.78 is 72.1. The summed E-state index contributed by atoms with van der Waals surface area (Å²) in [5, 5.41) is 18.1. The van der Waals surface area contributed by atoms with E-state index in [9.17, 15) is 32.2 Å². The lowest BCUT2D eigenvalue weighted by Crippen LogP contribution is -2.30. The van der Waals surface area contributed by atoms with Gasteiger partial charge in [0.2, 0.25) is 0 Å². The second-order valence-corrected chi connectivity index (χ2v) is 13.1. The molecular formula is C30H33F3N4O5S. The predicted molar refractivity (Wildman–Crippen MR) is 156 cm³/mol. The molecular weight excluding hydrogens is 585 g/mol. The van der Waals surface area contributed by atoms with Gasteiger partial charge in [-0.25, -0.2) is 4.68 Å². The van der Waals surface area contributed by atoms with Crippen LogP contribution in [-0.4, -0.2) is 53.1 Å². The van der Waals surface area contributed by atoms with E-state index in [1.165, 1.54) is 17.5 Å². The summed E-state index contributed by atoms with van der Waals surface area (Å²) in [6, 6.07) is 12.2. The average Bonchev–Trinajstić information content (AvgIpc) is 3.27. The monoisotopic (exact) mass is 618 g/mol. The van der Waals surface area contributed by atoms with Crippen molar-refractivity contribution in [1.82, 2.24) is 19.3 Å². The first kappa shape index (κ1) is 30.8. The molecule has 230 valence electrons. The molecule has 1 aliphatic heterocycles. The summed E-state index contributed by atoms with van der Waals surface area (Å²) >= 11 is 0. The van der Waals surface area contributed by atoms with Gasteiger partial charge in [0.15, 0.2) is 0 Å². The van der Waals surface area contributed by atoms with Crippen LogP contribution in [0.1, 0.15) is 52.6 Å². The number of alkyl halides is 3. The van der Waals surface area contributed by atoms with Crippen LogP contribution in [0.3, 0.4) is 0 Å². The number of rotatable bonds is 7. The average molecular weight is 619 g/mol. The third-order valence-electron chi connectivity index (χ3n) is 7.94. The van der Waals surface area contributed by atoms with Crippen LogP contribution < -0.4 is 4.74 Å². The molecule has 3 N–H and O–H groups in total. The Morgan fingerprint density at radius 1 is 1.14 bits per heavy atom. The van der Waals surface area contributed by atoms with E-state index < -0.39 is 34.4 Å². The molecule has 13 heteroatoms. The highest BCUT2D eigenvalue weighted by atomic mass is 32.3. The first-order valence-electron chi connectivity index (χ1n) is 13.6. The minimum Gasteiger partial charge on any atom is -0.494 e. The number of aromatic nitrogens is 3. The van der Waals surface area contributed by atoms with Gasteiger partial charge in [-0.15, -0.1) is 15.9 Å². The Hall–Kier alpha value is -3.65. The molecule has 0 bridgehead atoms. The lowest BCUT2D eigenvalue weighted by molar-refractivity contribution is -0.138. The number of aryl methyl sites for hydroxylation is 2. The van der Waals surface area contributed by atoms with Crippen molar-refractivity contribution in [2.45, 2.75) is 50.2 Å². The van der Waals surface area contributed by atoms with Crippen LogP contribution in [0.5, 0.6) is 5.75 Å². The number of nitrogens with zero attached hydrogens (tertiary/aromatic N) is 4. The molecule has 43 heavy (non-hydrogen) atoms. The van der Waals surface area contributed by atoms with E-state index in [1.807, 2.05) is 32.0 Å². The van der Waals surface area contributed by atoms with E-state index in [0.717, 1.165) is 17.7 Å². The minimum absolute atomic E-state index is 0.0361. The molecule has 1 aromatic heterocycles. The van der Waals surface area contributed by atoms with E-state index in [1.54, 1.807) is 23.9 Å². The molecule has 4 aromatic rings. The van der Waals surface area contributed by atoms with Crippen molar-refractivity contribution in [3.05, 3.63) is 81.9 Å². The number of hydrogen-bond acceptors (Lipinski definition) is 7. The highest BCUT2D eigenvalue weighted by molar-refractivity contribution is 8.22. The van der Waals surface area contributed by atoms with Gasteiger partial charge in [-0.3, -0.25) is 13.9 Å². The van der Waals surface area contributed by atoms with Crippen LogP contribution in [0.4, 0.5) is 13.2 Å². The maximum absolute atomic E-state index is 13.5. The maximum Gasteiger partial charge on any atom is 0.416 e. The zero-order valence-corrected chi connectivity index (χ0v) is 24.9. The number of carbonyl (C=O) groups is 1. The Morgan fingerprint density at radius 2 is 1.88 bits per heavy atom. The Bertz CT molecular complexity index is 1690. The van der Waals surface area contributed by atoms with E-state index in [0.29, 0.717) is 45.5 Å². The largest absolute Gasteiger partial charge is 0.494 e. The summed E-state index contributed by atoms with van der Waals surface area (Å²) in [4.78, 5) is 11.9. The highest BCUT2D eigenvalue weighted by Crippen LogP contribution is 2.57. The van der Waals surface area contributed by atoms with Crippen molar-refractivity contribution < 1.29 is 36.9 Å². The molecule has 0 saturated heterocycles. The molecule has 3 aromatic carbocycles. The zero-order chi connectivity index (χ0) is 31.3. The van der Waals surface area contributed by atoms with E-state index in [4.69, 9.17) is 4.74 Å². The summed E-state index contributed by atoms with van der Waals surface area (Å²) in [5.41, 5.74) is 3.59. The van der Waals surface area contributed by atoms with Crippen LogP contribution in [0, 0.1) is 12.8 Å². The van der Waals surface area contributed by atoms with Gasteiger partial charge < -0.3 is 9.84 Å². The second kappa shape index (κ2) is 11.5. The number of carboxylic acids is 1. The number of carboxylic acid groups (broad SMARTS) is 1. The third kappa shape index (κ3) is 6.07. The number of ether oxygens (including phenoxy) is 1. The van der Waals surface area contributed by atoms with Crippen molar-refractivity contribution in [2.24, 2.45) is 13.0 Å². The molecule has 0 fully saturated rings. The van der Waals surface area contributed by atoms with Crippen molar-refractivity contribution >= 4 is 27.8 Å². The lowest BCUT2D eigenvalue weighted by atomic mass is 9.86. The van der Waals surface area contributed by atoms with Gasteiger partial charge in [0.05, 0.1) is 24.0 Å². The molecule has 9 nitrogen and oxygen atoms in total. The fourth-order valence-corrected chi connectivity index (χ4v) is 7.59. The highest BCUT2D eigenvalue weighted by Gasteiger charge is 2.37. The Morgan fingerprint density at radius 3 is 2.56 bits per heavy atom. The number of fused-ring (bicyclic) bond motifs is 2. The number of halogens is 3. The molecule has 2 heterocycles. The minimum atomic E-state index is -4.63. The SMILES string of the molecule is COc1cc(C(CC(=O)O)c2ccc(C)c(CN3CC(C)Cc4ccc(C(F)(F)F)cc4S3(O)O)c2)cc2nnn(C)c12. The van der Waals surface area contributed by atoms with Crippen LogP contribution in [0.15, 0.2) is 53.4 Å². The molecule has 2 unspecified atom stereocenters. The number of benzene rings is 3. The fourth-order valence-electron chi connectivity index (χ4n) is 5.74. The summed E-state index contributed by atoms with van der Waals surface area (Å²) in [6.07, 6.45) is -4.47. The lowest BCUT2D eigenvalue weighted by Gasteiger charge is -2.43. The maximum atomic E-state index is 13.5. The molecule has 0 amide bonds. The molecule has 5 rings (SSSR count). The summed E-state index contributed by atoms with van der Waals surface area (Å²) in [7, 11) is -0.537. The van der Waals surface area contributed by atoms with Gasteiger partial charge >= 0.3 is 12.1 Å².